The smallest absolute Gasteiger partial charge is 0.123 e. The van der Waals surface area contributed by atoms with Crippen LogP contribution in [0.4, 0.5) is 8.78 Å². The Balaban J connectivity index is 1.30. The Bertz CT molecular complexity index is 970. The van der Waals surface area contributed by atoms with E-state index in [4.69, 9.17) is 9.47 Å². The molecule has 3 aromatic rings. The topological polar surface area (TPSA) is 21.7 Å². The van der Waals surface area contributed by atoms with Crippen LogP contribution in [0.5, 0.6) is 11.5 Å². The van der Waals surface area contributed by atoms with Gasteiger partial charge in [0.2, 0.25) is 0 Å². The fraction of sp³-hybridized carbons (Fsp3) is 0.379. The molecule has 0 unspecified atom stereocenters. The third-order valence-corrected chi connectivity index (χ3v) is 6.57. The van der Waals surface area contributed by atoms with E-state index in [9.17, 15) is 8.78 Å². The highest BCUT2D eigenvalue weighted by atomic mass is 19.1. The average molecular weight is 466 g/mol. The first kappa shape index (κ1) is 24.2. The van der Waals surface area contributed by atoms with Crippen molar-refractivity contribution < 1.29 is 18.3 Å². The van der Waals surface area contributed by atoms with Crippen molar-refractivity contribution in [2.45, 2.75) is 32.1 Å². The van der Waals surface area contributed by atoms with E-state index in [1.54, 1.807) is 0 Å². The van der Waals surface area contributed by atoms with Gasteiger partial charge in [-0.05, 0) is 92.7 Å². The van der Waals surface area contributed by atoms with Crippen molar-refractivity contribution in [2.24, 2.45) is 5.92 Å². The molecule has 0 N–H and O–H groups in total. The lowest BCUT2D eigenvalue weighted by Gasteiger charge is -2.36. The zero-order valence-corrected chi connectivity index (χ0v) is 19.8. The van der Waals surface area contributed by atoms with E-state index in [2.05, 4.69) is 4.90 Å². The van der Waals surface area contributed by atoms with Crippen molar-refractivity contribution in [1.29, 1.82) is 0 Å². The monoisotopic (exact) mass is 465 g/mol. The first-order chi connectivity index (χ1) is 16.6. The molecule has 3 nitrogen and oxygen atoms in total. The molecule has 0 atom stereocenters. The van der Waals surface area contributed by atoms with Crippen molar-refractivity contribution in [3.63, 3.8) is 0 Å². The molecule has 0 spiro atoms. The molecule has 0 aliphatic carbocycles. The molecule has 0 radical (unpaired) electrons. The molecule has 0 saturated carbocycles. The maximum absolute atomic E-state index is 13.5. The molecule has 0 amide bonds. The molecule has 0 bridgehead atoms. The maximum Gasteiger partial charge on any atom is 0.123 e. The lowest BCUT2D eigenvalue weighted by atomic mass is 9.76. The average Bonchev–Trinajstić information content (AvgIpc) is 2.86. The first-order valence-corrected chi connectivity index (χ1v) is 12.2. The Kier molecular flexibility index (Phi) is 8.53. The summed E-state index contributed by atoms with van der Waals surface area (Å²) in [5, 5.41) is 0. The third-order valence-electron chi connectivity index (χ3n) is 6.57. The number of likely N-dealkylation sites (tertiary alicyclic amines) is 1. The van der Waals surface area contributed by atoms with Crippen LogP contribution in [0.25, 0.3) is 0 Å². The normalized spacial score (nSPS) is 14.9. The van der Waals surface area contributed by atoms with Crippen LogP contribution in [0.1, 0.15) is 43.2 Å². The number of halogens is 2. The number of nitrogens with zero attached hydrogens (tertiary/aromatic N) is 1. The predicted octanol–water partition coefficient (Wildman–Crippen LogP) is 6.68. The summed E-state index contributed by atoms with van der Waals surface area (Å²) in [6, 6.07) is 21.3. The summed E-state index contributed by atoms with van der Waals surface area (Å²) in [6.45, 7) is 6.31. The van der Waals surface area contributed by atoms with Crippen LogP contribution in [-0.2, 0) is 0 Å². The number of piperidine rings is 1. The lowest BCUT2D eigenvalue weighted by Crippen LogP contribution is -2.36. The van der Waals surface area contributed by atoms with Gasteiger partial charge in [0.15, 0.2) is 0 Å². The van der Waals surface area contributed by atoms with Crippen LogP contribution in [0.15, 0.2) is 72.8 Å². The SMILES string of the molecule is CCOc1cccc(OCCCN2CCC(C(c3ccc(F)cc3)c3ccc(F)cc3)CC2)c1. The second kappa shape index (κ2) is 12.0. The van der Waals surface area contributed by atoms with Crippen molar-refractivity contribution in [3.05, 3.63) is 95.6 Å². The van der Waals surface area contributed by atoms with Gasteiger partial charge >= 0.3 is 0 Å². The Hall–Kier alpha value is -2.92. The molecule has 1 fully saturated rings. The summed E-state index contributed by atoms with van der Waals surface area (Å²) in [6.07, 6.45) is 3.07. The van der Waals surface area contributed by atoms with E-state index >= 15 is 0 Å². The Morgan fingerprint density at radius 1 is 0.824 bits per heavy atom. The molecule has 34 heavy (non-hydrogen) atoms. The van der Waals surface area contributed by atoms with Gasteiger partial charge in [-0.15, -0.1) is 0 Å². The molecule has 1 saturated heterocycles. The number of rotatable bonds is 10. The minimum atomic E-state index is -0.233. The fourth-order valence-corrected chi connectivity index (χ4v) is 4.89. The second-order valence-corrected chi connectivity index (χ2v) is 8.87. The fourth-order valence-electron chi connectivity index (χ4n) is 4.89. The largest absolute Gasteiger partial charge is 0.494 e. The highest BCUT2D eigenvalue weighted by Gasteiger charge is 2.29. The highest BCUT2D eigenvalue weighted by molar-refractivity contribution is 5.34. The van der Waals surface area contributed by atoms with Crippen molar-refractivity contribution >= 4 is 0 Å². The first-order valence-electron chi connectivity index (χ1n) is 12.2. The molecule has 4 rings (SSSR count). The third kappa shape index (κ3) is 6.57. The molecule has 1 heterocycles. The van der Waals surface area contributed by atoms with E-state index in [1.807, 2.05) is 55.5 Å². The molecular formula is C29H33F2NO2. The summed E-state index contributed by atoms with van der Waals surface area (Å²) in [4.78, 5) is 2.49. The van der Waals surface area contributed by atoms with E-state index in [1.165, 1.54) is 24.3 Å². The number of hydrogen-bond acceptors (Lipinski definition) is 3. The maximum atomic E-state index is 13.5. The number of benzene rings is 3. The van der Waals surface area contributed by atoms with Gasteiger partial charge in [-0.1, -0.05) is 30.3 Å². The molecule has 1 aliphatic rings. The van der Waals surface area contributed by atoms with Crippen LogP contribution < -0.4 is 9.47 Å². The Labute approximate surface area is 201 Å². The molecule has 5 heteroatoms. The molecule has 180 valence electrons. The van der Waals surface area contributed by atoms with Crippen LogP contribution in [0.3, 0.4) is 0 Å². The molecule has 3 aromatic carbocycles. The van der Waals surface area contributed by atoms with E-state index in [0.717, 1.165) is 61.5 Å². The minimum Gasteiger partial charge on any atom is -0.494 e. The lowest BCUT2D eigenvalue weighted by molar-refractivity contribution is 0.163. The van der Waals surface area contributed by atoms with Gasteiger partial charge in [-0.3, -0.25) is 0 Å². The molecular weight excluding hydrogens is 432 g/mol. The Morgan fingerprint density at radius 2 is 1.38 bits per heavy atom. The summed E-state index contributed by atoms with van der Waals surface area (Å²) in [5.41, 5.74) is 2.18. The molecule has 0 aromatic heterocycles. The van der Waals surface area contributed by atoms with Gasteiger partial charge in [-0.2, -0.15) is 0 Å². The van der Waals surface area contributed by atoms with Crippen LogP contribution in [0.2, 0.25) is 0 Å². The van der Waals surface area contributed by atoms with Gasteiger partial charge in [0.25, 0.3) is 0 Å². The van der Waals surface area contributed by atoms with Crippen LogP contribution in [-0.4, -0.2) is 37.7 Å². The highest BCUT2D eigenvalue weighted by Crippen LogP contribution is 2.38. The van der Waals surface area contributed by atoms with Gasteiger partial charge in [-0.25, -0.2) is 8.78 Å². The predicted molar refractivity (Wildman–Crippen MR) is 132 cm³/mol. The number of ether oxygens (including phenoxy) is 2. The van der Waals surface area contributed by atoms with Gasteiger partial charge < -0.3 is 14.4 Å². The summed E-state index contributed by atoms with van der Waals surface area (Å²) in [5.74, 6) is 1.78. The molecule has 1 aliphatic heterocycles. The Morgan fingerprint density at radius 3 is 1.94 bits per heavy atom. The van der Waals surface area contributed by atoms with Crippen molar-refractivity contribution in [1.82, 2.24) is 4.90 Å². The second-order valence-electron chi connectivity index (χ2n) is 8.87. The minimum absolute atomic E-state index is 0.143. The van der Waals surface area contributed by atoms with Crippen molar-refractivity contribution in [2.75, 3.05) is 32.8 Å². The quantitative estimate of drug-likeness (QED) is 0.312. The van der Waals surface area contributed by atoms with E-state index in [0.29, 0.717) is 19.1 Å². The van der Waals surface area contributed by atoms with Crippen LogP contribution >= 0.6 is 0 Å². The summed E-state index contributed by atoms with van der Waals surface area (Å²) in [7, 11) is 0. The van der Waals surface area contributed by atoms with Gasteiger partial charge in [0.1, 0.15) is 23.1 Å². The zero-order valence-electron chi connectivity index (χ0n) is 19.8. The summed E-state index contributed by atoms with van der Waals surface area (Å²) >= 11 is 0. The van der Waals surface area contributed by atoms with E-state index in [-0.39, 0.29) is 17.6 Å². The summed E-state index contributed by atoms with van der Waals surface area (Å²) < 4.78 is 38.5. The standard InChI is InChI=1S/C29H33F2NO2/c1-2-33-27-5-3-6-28(21-27)34-20-4-17-32-18-15-24(16-19-32)29(22-7-11-25(30)12-8-22)23-9-13-26(31)14-10-23/h3,5-14,21,24,29H,2,4,15-20H2,1H3. The van der Waals surface area contributed by atoms with Gasteiger partial charge in [0.05, 0.1) is 13.2 Å². The van der Waals surface area contributed by atoms with E-state index < -0.39 is 0 Å². The van der Waals surface area contributed by atoms with Gasteiger partial charge in [0, 0.05) is 18.5 Å². The zero-order chi connectivity index (χ0) is 23.8. The van der Waals surface area contributed by atoms with Crippen molar-refractivity contribution in [3.8, 4) is 11.5 Å². The van der Waals surface area contributed by atoms with Crippen LogP contribution in [0, 0.1) is 17.6 Å². The number of hydrogen-bond donors (Lipinski definition) is 0.